The predicted octanol–water partition coefficient (Wildman–Crippen LogP) is 1.99. The predicted molar refractivity (Wildman–Crippen MR) is 87.4 cm³/mol. The second-order valence-corrected chi connectivity index (χ2v) is 5.25. The largest absolute Gasteiger partial charge is 0.452 e. The molecule has 0 aliphatic rings. The zero-order chi connectivity index (χ0) is 16.8. The SMILES string of the molecule is CCC(CC)NC(=O)COC(=O)c1cc(=O)[nH]c2ccccc12. The van der Waals surface area contributed by atoms with E-state index in [0.717, 1.165) is 12.8 Å². The number of aromatic amines is 1. The van der Waals surface area contributed by atoms with Gasteiger partial charge in [-0.05, 0) is 18.9 Å². The minimum absolute atomic E-state index is 0.0709. The van der Waals surface area contributed by atoms with E-state index in [4.69, 9.17) is 4.74 Å². The second kappa shape index (κ2) is 7.58. The number of para-hydroxylation sites is 1. The molecule has 23 heavy (non-hydrogen) atoms. The zero-order valence-corrected chi connectivity index (χ0v) is 13.2. The van der Waals surface area contributed by atoms with Gasteiger partial charge in [-0.2, -0.15) is 0 Å². The van der Waals surface area contributed by atoms with E-state index in [0.29, 0.717) is 10.9 Å². The molecule has 6 nitrogen and oxygen atoms in total. The van der Waals surface area contributed by atoms with E-state index in [1.165, 1.54) is 6.07 Å². The van der Waals surface area contributed by atoms with E-state index in [2.05, 4.69) is 10.3 Å². The molecule has 1 heterocycles. The molecule has 0 radical (unpaired) electrons. The maximum absolute atomic E-state index is 12.2. The number of H-pyrrole nitrogens is 1. The number of rotatable bonds is 6. The number of esters is 1. The van der Waals surface area contributed by atoms with Gasteiger partial charge < -0.3 is 15.0 Å². The van der Waals surface area contributed by atoms with Gasteiger partial charge in [-0.3, -0.25) is 9.59 Å². The van der Waals surface area contributed by atoms with Crippen LogP contribution < -0.4 is 10.9 Å². The fraction of sp³-hybridized carbons (Fsp3) is 0.353. The third-order valence-corrected chi connectivity index (χ3v) is 3.66. The van der Waals surface area contributed by atoms with Crippen LogP contribution in [0.2, 0.25) is 0 Å². The highest BCUT2D eigenvalue weighted by molar-refractivity contribution is 6.03. The van der Waals surface area contributed by atoms with E-state index in [9.17, 15) is 14.4 Å². The molecule has 0 fully saturated rings. The Morgan fingerprint density at radius 3 is 2.61 bits per heavy atom. The summed E-state index contributed by atoms with van der Waals surface area (Å²) in [5.74, 6) is -1.03. The first-order valence-electron chi connectivity index (χ1n) is 7.63. The molecule has 0 aliphatic carbocycles. The van der Waals surface area contributed by atoms with Gasteiger partial charge in [0.2, 0.25) is 5.56 Å². The lowest BCUT2D eigenvalue weighted by molar-refractivity contribution is -0.125. The molecular formula is C17H20N2O4. The van der Waals surface area contributed by atoms with Crippen LogP contribution in [0.3, 0.4) is 0 Å². The number of hydrogen-bond donors (Lipinski definition) is 2. The molecule has 0 bridgehead atoms. The van der Waals surface area contributed by atoms with Crippen molar-refractivity contribution in [3.63, 3.8) is 0 Å². The Morgan fingerprint density at radius 1 is 1.22 bits per heavy atom. The standard InChI is InChI=1S/C17H20N2O4/c1-3-11(4-2)18-16(21)10-23-17(22)13-9-15(20)19-14-8-6-5-7-12(13)14/h5-9,11H,3-4,10H2,1-2H3,(H,18,21)(H,19,20). The van der Waals surface area contributed by atoms with Crippen LogP contribution >= 0.6 is 0 Å². The van der Waals surface area contributed by atoms with Gasteiger partial charge in [0.25, 0.3) is 5.91 Å². The fourth-order valence-corrected chi connectivity index (χ4v) is 2.34. The van der Waals surface area contributed by atoms with Crippen LogP contribution in [0.15, 0.2) is 35.1 Å². The van der Waals surface area contributed by atoms with Crippen molar-refractivity contribution in [3.8, 4) is 0 Å². The van der Waals surface area contributed by atoms with Gasteiger partial charge in [-0.1, -0.05) is 32.0 Å². The summed E-state index contributed by atoms with van der Waals surface area (Å²) < 4.78 is 5.04. The van der Waals surface area contributed by atoms with Crippen LogP contribution in [0.4, 0.5) is 0 Å². The Hall–Kier alpha value is -2.63. The Morgan fingerprint density at radius 2 is 1.91 bits per heavy atom. The molecule has 0 atom stereocenters. The van der Waals surface area contributed by atoms with Crippen molar-refractivity contribution in [2.75, 3.05) is 6.61 Å². The van der Waals surface area contributed by atoms with E-state index in [1.54, 1.807) is 24.3 Å². The van der Waals surface area contributed by atoms with Crippen molar-refractivity contribution in [2.45, 2.75) is 32.7 Å². The number of pyridine rings is 1. The van der Waals surface area contributed by atoms with Gasteiger partial charge >= 0.3 is 5.97 Å². The highest BCUT2D eigenvalue weighted by Gasteiger charge is 2.15. The highest BCUT2D eigenvalue weighted by atomic mass is 16.5. The normalized spacial score (nSPS) is 10.7. The maximum atomic E-state index is 12.2. The number of aromatic nitrogens is 1. The lowest BCUT2D eigenvalue weighted by atomic mass is 10.1. The number of carbonyl (C=O) groups is 2. The number of amides is 1. The van der Waals surface area contributed by atoms with Gasteiger partial charge in [0.05, 0.1) is 5.56 Å². The van der Waals surface area contributed by atoms with Crippen LogP contribution in [0, 0.1) is 0 Å². The van der Waals surface area contributed by atoms with E-state index in [1.807, 2.05) is 13.8 Å². The molecule has 1 aromatic heterocycles. The lowest BCUT2D eigenvalue weighted by Gasteiger charge is -2.14. The topological polar surface area (TPSA) is 88.3 Å². The molecule has 0 saturated carbocycles. The molecule has 1 amide bonds. The molecule has 2 rings (SSSR count). The first-order valence-corrected chi connectivity index (χ1v) is 7.63. The van der Waals surface area contributed by atoms with E-state index < -0.39 is 11.5 Å². The first kappa shape index (κ1) is 16.7. The minimum Gasteiger partial charge on any atom is -0.452 e. The van der Waals surface area contributed by atoms with E-state index >= 15 is 0 Å². The number of benzene rings is 1. The number of fused-ring (bicyclic) bond motifs is 1. The van der Waals surface area contributed by atoms with Crippen molar-refractivity contribution in [3.05, 3.63) is 46.2 Å². The summed E-state index contributed by atoms with van der Waals surface area (Å²) in [4.78, 5) is 38.2. The van der Waals surface area contributed by atoms with Crippen molar-refractivity contribution in [2.24, 2.45) is 0 Å². The first-order chi connectivity index (χ1) is 11.0. The van der Waals surface area contributed by atoms with Crippen LogP contribution in [0.1, 0.15) is 37.0 Å². The average Bonchev–Trinajstić information content (AvgIpc) is 2.56. The third-order valence-electron chi connectivity index (χ3n) is 3.66. The summed E-state index contributed by atoms with van der Waals surface area (Å²) in [6, 6.07) is 8.19. The average molecular weight is 316 g/mol. The smallest absolute Gasteiger partial charge is 0.339 e. The molecule has 0 spiro atoms. The molecule has 0 aliphatic heterocycles. The Labute approximate surface area is 133 Å². The Kier molecular flexibility index (Phi) is 5.51. The molecule has 6 heteroatoms. The Bertz CT molecular complexity index is 763. The summed E-state index contributed by atoms with van der Waals surface area (Å²) in [7, 11) is 0. The second-order valence-electron chi connectivity index (χ2n) is 5.25. The van der Waals surface area contributed by atoms with Gasteiger partial charge in [0, 0.05) is 23.0 Å². The summed E-state index contributed by atoms with van der Waals surface area (Å²) in [6.07, 6.45) is 1.63. The van der Waals surface area contributed by atoms with Gasteiger partial charge in [0.15, 0.2) is 6.61 Å². The number of ether oxygens (including phenoxy) is 1. The highest BCUT2D eigenvalue weighted by Crippen LogP contribution is 2.15. The van der Waals surface area contributed by atoms with Crippen molar-refractivity contribution in [1.29, 1.82) is 0 Å². The van der Waals surface area contributed by atoms with Crippen LogP contribution in [-0.4, -0.2) is 29.5 Å². The summed E-state index contributed by atoms with van der Waals surface area (Å²) >= 11 is 0. The summed E-state index contributed by atoms with van der Waals surface area (Å²) in [5.41, 5.74) is 0.310. The van der Waals surface area contributed by atoms with Gasteiger partial charge in [-0.25, -0.2) is 4.79 Å². The van der Waals surface area contributed by atoms with Gasteiger partial charge in [-0.15, -0.1) is 0 Å². The molecule has 0 saturated heterocycles. The summed E-state index contributed by atoms with van der Waals surface area (Å²) in [5, 5.41) is 3.37. The minimum atomic E-state index is -0.688. The molecule has 2 aromatic rings. The Balaban J connectivity index is 2.10. The number of carbonyl (C=O) groups excluding carboxylic acids is 2. The van der Waals surface area contributed by atoms with Crippen LogP contribution in [0.25, 0.3) is 10.9 Å². The number of nitrogens with one attached hydrogen (secondary N) is 2. The van der Waals surface area contributed by atoms with Crippen molar-refractivity contribution in [1.82, 2.24) is 10.3 Å². The van der Waals surface area contributed by atoms with Crippen molar-refractivity contribution < 1.29 is 14.3 Å². The molecular weight excluding hydrogens is 296 g/mol. The van der Waals surface area contributed by atoms with Gasteiger partial charge in [0.1, 0.15) is 0 Å². The van der Waals surface area contributed by atoms with Crippen molar-refractivity contribution >= 4 is 22.8 Å². The monoisotopic (exact) mass is 316 g/mol. The fourth-order valence-electron chi connectivity index (χ4n) is 2.34. The number of hydrogen-bond acceptors (Lipinski definition) is 4. The van der Waals surface area contributed by atoms with E-state index in [-0.39, 0.29) is 24.1 Å². The van der Waals surface area contributed by atoms with Crippen LogP contribution in [0.5, 0.6) is 0 Å². The molecule has 122 valence electrons. The quantitative estimate of drug-likeness (QED) is 0.798. The molecule has 2 N–H and O–H groups in total. The lowest BCUT2D eigenvalue weighted by Crippen LogP contribution is -2.36. The zero-order valence-electron chi connectivity index (χ0n) is 13.2. The maximum Gasteiger partial charge on any atom is 0.339 e. The molecule has 0 unspecified atom stereocenters. The molecule has 1 aromatic carbocycles. The third kappa shape index (κ3) is 4.18. The van der Waals surface area contributed by atoms with Crippen LogP contribution in [-0.2, 0) is 9.53 Å². The summed E-state index contributed by atoms with van der Waals surface area (Å²) in [6.45, 7) is 3.59.